The summed E-state index contributed by atoms with van der Waals surface area (Å²) in [7, 11) is 0. The predicted molar refractivity (Wildman–Crippen MR) is 79.4 cm³/mol. The highest BCUT2D eigenvalue weighted by atomic mass is 35.5. The smallest absolute Gasteiger partial charge is 0.127 e. The van der Waals surface area contributed by atoms with Gasteiger partial charge in [0.1, 0.15) is 5.75 Å². The van der Waals surface area contributed by atoms with E-state index >= 15 is 0 Å². The SMILES string of the molecule is ClCCC1CCN(Cc2cc(Cl)cc3c2OCC3)C1. The first-order valence-corrected chi connectivity index (χ1v) is 7.90. The normalized spacial score (nSPS) is 22.5. The van der Waals surface area contributed by atoms with E-state index in [1.54, 1.807) is 0 Å². The van der Waals surface area contributed by atoms with Crippen LogP contribution in [-0.4, -0.2) is 30.5 Å². The molecule has 2 aliphatic heterocycles. The minimum Gasteiger partial charge on any atom is -0.493 e. The summed E-state index contributed by atoms with van der Waals surface area (Å²) in [6, 6.07) is 4.09. The molecule has 0 aliphatic carbocycles. The van der Waals surface area contributed by atoms with Crippen LogP contribution in [0.2, 0.25) is 5.02 Å². The number of alkyl halides is 1. The van der Waals surface area contributed by atoms with Crippen LogP contribution in [0.3, 0.4) is 0 Å². The van der Waals surface area contributed by atoms with Crippen LogP contribution < -0.4 is 4.74 Å². The number of hydrogen-bond donors (Lipinski definition) is 0. The fourth-order valence-corrected chi connectivity index (χ4v) is 3.72. The molecule has 1 atom stereocenters. The maximum absolute atomic E-state index is 6.20. The average Bonchev–Trinajstić information content (AvgIpc) is 2.98. The van der Waals surface area contributed by atoms with Crippen molar-refractivity contribution in [2.24, 2.45) is 5.92 Å². The summed E-state index contributed by atoms with van der Waals surface area (Å²) < 4.78 is 5.76. The summed E-state index contributed by atoms with van der Waals surface area (Å²) in [5.74, 6) is 2.60. The fourth-order valence-electron chi connectivity index (χ4n) is 3.15. The number of hydrogen-bond acceptors (Lipinski definition) is 2. The van der Waals surface area contributed by atoms with Gasteiger partial charge < -0.3 is 4.74 Å². The molecule has 0 radical (unpaired) electrons. The first-order valence-electron chi connectivity index (χ1n) is 6.98. The number of fused-ring (bicyclic) bond motifs is 1. The van der Waals surface area contributed by atoms with Gasteiger partial charge in [-0.2, -0.15) is 0 Å². The van der Waals surface area contributed by atoms with Gasteiger partial charge in [-0.05, 0) is 43.0 Å². The first-order chi connectivity index (χ1) is 9.26. The second-order valence-electron chi connectivity index (χ2n) is 5.52. The van der Waals surface area contributed by atoms with Crippen molar-refractivity contribution in [1.29, 1.82) is 0 Å². The summed E-state index contributed by atoms with van der Waals surface area (Å²) in [6.45, 7) is 4.04. The van der Waals surface area contributed by atoms with Crippen LogP contribution in [0.4, 0.5) is 0 Å². The minimum absolute atomic E-state index is 0.755. The molecular formula is C15H19Cl2NO. The molecule has 2 aliphatic rings. The monoisotopic (exact) mass is 299 g/mol. The molecule has 0 bridgehead atoms. The predicted octanol–water partition coefficient (Wildman–Crippen LogP) is 3.73. The van der Waals surface area contributed by atoms with Crippen molar-refractivity contribution < 1.29 is 4.74 Å². The summed E-state index contributed by atoms with van der Waals surface area (Å²) in [5.41, 5.74) is 2.51. The molecule has 19 heavy (non-hydrogen) atoms. The molecule has 2 nitrogen and oxygen atoms in total. The molecule has 1 saturated heterocycles. The largest absolute Gasteiger partial charge is 0.493 e. The summed E-state index contributed by atoms with van der Waals surface area (Å²) in [6.07, 6.45) is 3.37. The van der Waals surface area contributed by atoms with E-state index < -0.39 is 0 Å². The van der Waals surface area contributed by atoms with Gasteiger partial charge in [0.15, 0.2) is 0 Å². The van der Waals surface area contributed by atoms with Crippen molar-refractivity contribution >= 4 is 23.2 Å². The third-order valence-electron chi connectivity index (χ3n) is 4.11. The van der Waals surface area contributed by atoms with Crippen LogP contribution in [0.25, 0.3) is 0 Å². The number of ether oxygens (including phenoxy) is 1. The molecule has 1 unspecified atom stereocenters. The molecule has 2 heterocycles. The summed E-state index contributed by atoms with van der Waals surface area (Å²) >= 11 is 12.0. The Bertz CT molecular complexity index is 464. The van der Waals surface area contributed by atoms with Crippen LogP contribution in [0.5, 0.6) is 5.75 Å². The third kappa shape index (κ3) is 3.01. The molecule has 1 aromatic rings. The molecule has 0 amide bonds. The van der Waals surface area contributed by atoms with E-state index in [9.17, 15) is 0 Å². The van der Waals surface area contributed by atoms with Gasteiger partial charge >= 0.3 is 0 Å². The molecule has 104 valence electrons. The highest BCUT2D eigenvalue weighted by Crippen LogP contribution is 2.34. The van der Waals surface area contributed by atoms with Gasteiger partial charge in [-0.25, -0.2) is 0 Å². The van der Waals surface area contributed by atoms with Crippen molar-refractivity contribution in [3.63, 3.8) is 0 Å². The Balaban J connectivity index is 1.71. The van der Waals surface area contributed by atoms with Gasteiger partial charge in [-0.1, -0.05) is 11.6 Å². The molecule has 3 rings (SSSR count). The van der Waals surface area contributed by atoms with E-state index in [2.05, 4.69) is 11.0 Å². The molecule has 0 N–H and O–H groups in total. The standard InChI is InChI=1S/C15H19Cl2NO/c16-4-1-11-2-5-18(9-11)10-13-8-14(17)7-12-3-6-19-15(12)13/h7-8,11H,1-6,9-10H2. The zero-order valence-corrected chi connectivity index (χ0v) is 12.5. The molecular weight excluding hydrogens is 281 g/mol. The minimum atomic E-state index is 0.755. The zero-order chi connectivity index (χ0) is 13.2. The van der Waals surface area contributed by atoms with Gasteiger partial charge in [0.2, 0.25) is 0 Å². The Hall–Kier alpha value is -0.440. The Morgan fingerprint density at radius 3 is 3.11 bits per heavy atom. The average molecular weight is 300 g/mol. The van der Waals surface area contributed by atoms with E-state index in [4.69, 9.17) is 27.9 Å². The van der Waals surface area contributed by atoms with E-state index in [1.165, 1.54) is 17.5 Å². The van der Waals surface area contributed by atoms with Gasteiger partial charge in [0.25, 0.3) is 0 Å². The van der Waals surface area contributed by atoms with Crippen LogP contribution >= 0.6 is 23.2 Å². The highest BCUT2D eigenvalue weighted by Gasteiger charge is 2.24. The van der Waals surface area contributed by atoms with Crippen LogP contribution in [-0.2, 0) is 13.0 Å². The van der Waals surface area contributed by atoms with Crippen LogP contribution in [0.1, 0.15) is 24.0 Å². The molecule has 1 fully saturated rings. The van der Waals surface area contributed by atoms with Gasteiger partial charge in [-0.15, -0.1) is 11.6 Å². The Morgan fingerprint density at radius 1 is 1.37 bits per heavy atom. The maximum Gasteiger partial charge on any atom is 0.127 e. The van der Waals surface area contributed by atoms with Crippen molar-refractivity contribution in [3.8, 4) is 5.75 Å². The lowest BCUT2D eigenvalue weighted by Gasteiger charge is -2.18. The number of rotatable bonds is 4. The number of benzene rings is 1. The number of halogens is 2. The molecule has 4 heteroatoms. The van der Waals surface area contributed by atoms with Crippen LogP contribution in [0.15, 0.2) is 12.1 Å². The number of likely N-dealkylation sites (tertiary alicyclic amines) is 1. The quantitative estimate of drug-likeness (QED) is 0.786. The summed E-state index contributed by atoms with van der Waals surface area (Å²) in [5, 5.41) is 0.829. The van der Waals surface area contributed by atoms with E-state index in [1.807, 2.05) is 6.07 Å². The highest BCUT2D eigenvalue weighted by molar-refractivity contribution is 6.30. The number of nitrogens with zero attached hydrogens (tertiary/aromatic N) is 1. The zero-order valence-electron chi connectivity index (χ0n) is 11.0. The van der Waals surface area contributed by atoms with Gasteiger partial charge in [0, 0.05) is 36.0 Å². The van der Waals surface area contributed by atoms with Crippen molar-refractivity contribution in [3.05, 3.63) is 28.3 Å². The van der Waals surface area contributed by atoms with Crippen molar-refractivity contribution in [2.45, 2.75) is 25.8 Å². The van der Waals surface area contributed by atoms with E-state index in [0.717, 1.165) is 61.7 Å². The topological polar surface area (TPSA) is 12.5 Å². The lowest BCUT2D eigenvalue weighted by Crippen LogP contribution is -2.20. The maximum atomic E-state index is 6.20. The lowest BCUT2D eigenvalue weighted by molar-refractivity contribution is 0.302. The molecule has 1 aromatic carbocycles. The van der Waals surface area contributed by atoms with Gasteiger partial charge in [-0.3, -0.25) is 4.90 Å². The molecule has 0 saturated carbocycles. The van der Waals surface area contributed by atoms with Crippen LogP contribution in [0, 0.1) is 5.92 Å². The Labute approximate surface area is 124 Å². The molecule has 0 aromatic heterocycles. The first kappa shape index (κ1) is 13.5. The van der Waals surface area contributed by atoms with Crippen molar-refractivity contribution in [1.82, 2.24) is 4.90 Å². The molecule has 0 spiro atoms. The lowest BCUT2D eigenvalue weighted by atomic mass is 10.1. The van der Waals surface area contributed by atoms with Crippen molar-refractivity contribution in [2.75, 3.05) is 25.6 Å². The Kier molecular flexibility index (Phi) is 4.21. The summed E-state index contributed by atoms with van der Waals surface area (Å²) in [4.78, 5) is 2.49. The second kappa shape index (κ2) is 5.90. The van der Waals surface area contributed by atoms with E-state index in [-0.39, 0.29) is 0 Å². The van der Waals surface area contributed by atoms with Gasteiger partial charge in [0.05, 0.1) is 6.61 Å². The Morgan fingerprint density at radius 2 is 2.26 bits per heavy atom. The second-order valence-corrected chi connectivity index (χ2v) is 6.33. The fraction of sp³-hybridized carbons (Fsp3) is 0.600. The van der Waals surface area contributed by atoms with E-state index in [0.29, 0.717) is 0 Å². The third-order valence-corrected chi connectivity index (χ3v) is 4.54.